The standard InChI is InChI=1S/C11H14N2O4/c1-11(2)7(8(11)10(15)16)9(14)12-5-6-3-4-17-13-6/h3-4,7-8H,5H2,1-2H3,(H,12,14)(H,15,16)/t7-,8+/m1/s1. The van der Waals surface area contributed by atoms with Crippen molar-refractivity contribution in [3.8, 4) is 0 Å². The third-order valence-electron chi connectivity index (χ3n) is 3.31. The fourth-order valence-electron chi connectivity index (χ4n) is 2.20. The molecular weight excluding hydrogens is 224 g/mol. The zero-order valence-electron chi connectivity index (χ0n) is 9.64. The largest absolute Gasteiger partial charge is 0.481 e. The molecule has 1 aromatic heterocycles. The summed E-state index contributed by atoms with van der Waals surface area (Å²) in [7, 11) is 0. The van der Waals surface area contributed by atoms with E-state index in [-0.39, 0.29) is 12.5 Å². The van der Waals surface area contributed by atoms with E-state index in [1.807, 2.05) is 0 Å². The molecule has 0 radical (unpaired) electrons. The smallest absolute Gasteiger partial charge is 0.307 e. The maximum Gasteiger partial charge on any atom is 0.307 e. The van der Waals surface area contributed by atoms with Crippen molar-refractivity contribution in [2.45, 2.75) is 20.4 Å². The number of carbonyl (C=O) groups is 2. The summed E-state index contributed by atoms with van der Waals surface area (Å²) in [4.78, 5) is 22.7. The number of aromatic nitrogens is 1. The van der Waals surface area contributed by atoms with Crippen molar-refractivity contribution < 1.29 is 19.2 Å². The number of amides is 1. The fourth-order valence-corrected chi connectivity index (χ4v) is 2.20. The van der Waals surface area contributed by atoms with E-state index >= 15 is 0 Å². The molecule has 17 heavy (non-hydrogen) atoms. The number of rotatable bonds is 4. The average molecular weight is 238 g/mol. The van der Waals surface area contributed by atoms with Crippen LogP contribution in [0.3, 0.4) is 0 Å². The minimum atomic E-state index is -0.920. The lowest BCUT2D eigenvalue weighted by Gasteiger charge is -2.03. The van der Waals surface area contributed by atoms with Crippen LogP contribution >= 0.6 is 0 Å². The van der Waals surface area contributed by atoms with Crippen LogP contribution in [0.15, 0.2) is 16.9 Å². The highest BCUT2D eigenvalue weighted by Gasteiger charge is 2.65. The van der Waals surface area contributed by atoms with Gasteiger partial charge in [-0.15, -0.1) is 0 Å². The fraction of sp³-hybridized carbons (Fsp3) is 0.545. The summed E-state index contributed by atoms with van der Waals surface area (Å²) in [6, 6.07) is 1.65. The van der Waals surface area contributed by atoms with E-state index < -0.39 is 23.2 Å². The Bertz CT molecular complexity index is 438. The Morgan fingerprint density at radius 1 is 1.53 bits per heavy atom. The first-order chi connectivity index (χ1) is 7.94. The molecule has 0 saturated heterocycles. The Labute approximate surface area is 98.0 Å². The van der Waals surface area contributed by atoms with Gasteiger partial charge < -0.3 is 14.9 Å². The molecule has 0 aromatic carbocycles. The second-order valence-corrected chi connectivity index (χ2v) is 4.82. The second kappa shape index (κ2) is 3.87. The number of hydrogen-bond donors (Lipinski definition) is 2. The molecule has 0 aliphatic heterocycles. The molecule has 0 unspecified atom stereocenters. The number of aliphatic carboxylic acids is 1. The van der Waals surface area contributed by atoms with Gasteiger partial charge in [-0.1, -0.05) is 19.0 Å². The van der Waals surface area contributed by atoms with Crippen LogP contribution in [0.5, 0.6) is 0 Å². The molecule has 1 aliphatic carbocycles. The third kappa shape index (κ3) is 2.02. The molecule has 6 nitrogen and oxygen atoms in total. The first kappa shape index (κ1) is 11.6. The van der Waals surface area contributed by atoms with Gasteiger partial charge in [-0.05, 0) is 5.41 Å². The predicted octanol–water partition coefficient (Wildman–Crippen LogP) is 0.648. The summed E-state index contributed by atoms with van der Waals surface area (Å²) in [5.74, 6) is -2.23. The predicted molar refractivity (Wildman–Crippen MR) is 56.7 cm³/mol. The van der Waals surface area contributed by atoms with Gasteiger partial charge in [-0.3, -0.25) is 9.59 Å². The Hall–Kier alpha value is -1.85. The molecule has 2 atom stereocenters. The molecule has 0 spiro atoms. The van der Waals surface area contributed by atoms with Gasteiger partial charge in [0.1, 0.15) is 12.0 Å². The van der Waals surface area contributed by atoms with Crippen LogP contribution in [0.4, 0.5) is 0 Å². The van der Waals surface area contributed by atoms with E-state index in [4.69, 9.17) is 5.11 Å². The summed E-state index contributed by atoms with van der Waals surface area (Å²) >= 11 is 0. The van der Waals surface area contributed by atoms with Gasteiger partial charge in [0.2, 0.25) is 5.91 Å². The van der Waals surface area contributed by atoms with Crippen molar-refractivity contribution in [1.29, 1.82) is 0 Å². The minimum Gasteiger partial charge on any atom is -0.481 e. The van der Waals surface area contributed by atoms with Crippen LogP contribution in [0.25, 0.3) is 0 Å². The molecule has 6 heteroatoms. The first-order valence-electron chi connectivity index (χ1n) is 5.34. The zero-order chi connectivity index (χ0) is 12.6. The number of nitrogens with one attached hydrogen (secondary N) is 1. The number of nitrogens with zero attached hydrogens (tertiary/aromatic N) is 1. The quantitative estimate of drug-likeness (QED) is 0.803. The molecule has 1 aliphatic rings. The number of carbonyl (C=O) groups excluding carboxylic acids is 1. The summed E-state index contributed by atoms with van der Waals surface area (Å²) in [6.45, 7) is 3.83. The summed E-state index contributed by atoms with van der Waals surface area (Å²) in [5, 5.41) is 15.3. The maximum atomic E-state index is 11.8. The van der Waals surface area contributed by atoms with Crippen molar-refractivity contribution in [1.82, 2.24) is 10.5 Å². The molecule has 1 amide bonds. The molecular formula is C11H14N2O4. The third-order valence-corrected chi connectivity index (χ3v) is 3.31. The minimum absolute atomic E-state index is 0.245. The van der Waals surface area contributed by atoms with E-state index in [0.29, 0.717) is 5.69 Å². The van der Waals surface area contributed by atoms with Crippen LogP contribution in [-0.2, 0) is 16.1 Å². The summed E-state index contributed by atoms with van der Waals surface area (Å²) in [6.07, 6.45) is 1.42. The van der Waals surface area contributed by atoms with E-state index in [9.17, 15) is 9.59 Å². The highest BCUT2D eigenvalue weighted by Crippen LogP contribution is 2.58. The van der Waals surface area contributed by atoms with Crippen LogP contribution in [0, 0.1) is 17.3 Å². The SMILES string of the molecule is CC1(C)[C@H](C(=O)O)[C@@H]1C(=O)NCc1ccon1. The number of hydrogen-bond acceptors (Lipinski definition) is 4. The Balaban J connectivity index is 1.92. The van der Waals surface area contributed by atoms with Gasteiger partial charge in [-0.25, -0.2) is 0 Å². The van der Waals surface area contributed by atoms with Crippen molar-refractivity contribution in [3.63, 3.8) is 0 Å². The molecule has 1 heterocycles. The molecule has 2 rings (SSSR count). The van der Waals surface area contributed by atoms with Crippen molar-refractivity contribution in [3.05, 3.63) is 18.0 Å². The summed E-state index contributed by atoms with van der Waals surface area (Å²) in [5.41, 5.74) is 0.142. The van der Waals surface area contributed by atoms with E-state index in [1.54, 1.807) is 19.9 Å². The topological polar surface area (TPSA) is 92.4 Å². The average Bonchev–Trinajstić information content (AvgIpc) is 2.65. The molecule has 1 aromatic rings. The molecule has 1 saturated carbocycles. The zero-order valence-corrected chi connectivity index (χ0v) is 9.64. The lowest BCUT2D eigenvalue weighted by atomic mass is 10.1. The second-order valence-electron chi connectivity index (χ2n) is 4.82. The van der Waals surface area contributed by atoms with E-state index in [0.717, 1.165) is 0 Å². The summed E-state index contributed by atoms with van der Waals surface area (Å²) < 4.78 is 4.63. The molecule has 2 N–H and O–H groups in total. The Morgan fingerprint density at radius 3 is 2.71 bits per heavy atom. The van der Waals surface area contributed by atoms with E-state index in [2.05, 4.69) is 15.0 Å². The lowest BCUT2D eigenvalue weighted by molar-refractivity contribution is -0.140. The number of carboxylic acids is 1. The van der Waals surface area contributed by atoms with Crippen LogP contribution < -0.4 is 5.32 Å². The molecule has 92 valence electrons. The van der Waals surface area contributed by atoms with Crippen LogP contribution in [0.2, 0.25) is 0 Å². The van der Waals surface area contributed by atoms with Crippen LogP contribution in [-0.4, -0.2) is 22.1 Å². The van der Waals surface area contributed by atoms with Crippen molar-refractivity contribution in [2.75, 3.05) is 0 Å². The van der Waals surface area contributed by atoms with Crippen molar-refractivity contribution >= 4 is 11.9 Å². The Kier molecular flexibility index (Phi) is 2.65. The molecule has 1 fully saturated rings. The van der Waals surface area contributed by atoms with Gasteiger partial charge in [0.15, 0.2) is 0 Å². The van der Waals surface area contributed by atoms with Crippen LogP contribution in [0.1, 0.15) is 19.5 Å². The number of carboxylic acid groups (broad SMARTS) is 1. The van der Waals surface area contributed by atoms with Gasteiger partial charge in [0, 0.05) is 6.07 Å². The Morgan fingerprint density at radius 2 is 2.24 bits per heavy atom. The normalized spacial score (nSPS) is 25.3. The van der Waals surface area contributed by atoms with Gasteiger partial charge >= 0.3 is 5.97 Å². The van der Waals surface area contributed by atoms with E-state index in [1.165, 1.54) is 6.26 Å². The van der Waals surface area contributed by atoms with Crippen molar-refractivity contribution in [2.24, 2.45) is 17.3 Å². The highest BCUT2D eigenvalue weighted by molar-refractivity contribution is 5.91. The van der Waals surface area contributed by atoms with Gasteiger partial charge in [-0.2, -0.15) is 0 Å². The molecule has 0 bridgehead atoms. The highest BCUT2D eigenvalue weighted by atomic mass is 16.5. The first-order valence-corrected chi connectivity index (χ1v) is 5.34. The van der Waals surface area contributed by atoms with Gasteiger partial charge in [0.05, 0.1) is 18.4 Å². The lowest BCUT2D eigenvalue weighted by Crippen LogP contribution is -2.26. The van der Waals surface area contributed by atoms with Gasteiger partial charge in [0.25, 0.3) is 0 Å². The monoisotopic (exact) mass is 238 g/mol. The maximum absolute atomic E-state index is 11.8.